The van der Waals surface area contributed by atoms with E-state index in [0.717, 1.165) is 24.0 Å². The van der Waals surface area contributed by atoms with Crippen LogP contribution < -0.4 is 14.2 Å². The second-order valence-corrected chi connectivity index (χ2v) is 9.56. The first-order valence-electron chi connectivity index (χ1n) is 12.7. The summed E-state index contributed by atoms with van der Waals surface area (Å²) in [6.45, 7) is 5.37. The van der Waals surface area contributed by atoms with Gasteiger partial charge in [0.05, 0.1) is 19.1 Å². The van der Waals surface area contributed by atoms with Crippen molar-refractivity contribution in [1.29, 1.82) is 0 Å². The molecule has 2 heterocycles. The van der Waals surface area contributed by atoms with Crippen LogP contribution in [-0.4, -0.2) is 66.9 Å². The highest BCUT2D eigenvalue weighted by Crippen LogP contribution is 2.49. The van der Waals surface area contributed by atoms with Crippen LogP contribution in [0.1, 0.15) is 56.2 Å². The molecule has 1 saturated heterocycles. The van der Waals surface area contributed by atoms with Gasteiger partial charge in [0.25, 0.3) is 0 Å². The number of carboxylic acids is 1. The zero-order valence-electron chi connectivity index (χ0n) is 21.5. The number of hydrogen-bond donors (Lipinski definition) is 1. The topological polar surface area (TPSA) is 88.5 Å². The minimum absolute atomic E-state index is 0.0349. The van der Waals surface area contributed by atoms with Gasteiger partial charge in [-0.15, -0.1) is 0 Å². The third kappa shape index (κ3) is 5.00. The number of hydrogen-bond acceptors (Lipinski definition) is 6. The number of fused-ring (bicyclic) bond motifs is 1. The van der Waals surface area contributed by atoms with E-state index in [9.17, 15) is 14.7 Å². The van der Waals surface area contributed by atoms with Crippen LogP contribution in [-0.2, 0) is 9.59 Å². The molecule has 1 unspecified atom stereocenters. The number of carbonyl (C=O) groups is 2. The van der Waals surface area contributed by atoms with Crippen molar-refractivity contribution in [3.63, 3.8) is 0 Å². The summed E-state index contributed by atoms with van der Waals surface area (Å²) < 4.78 is 16.4. The van der Waals surface area contributed by atoms with Crippen LogP contribution in [0.2, 0.25) is 0 Å². The number of carbonyl (C=O) groups excluding carboxylic acids is 1. The highest BCUT2D eigenvalue weighted by molar-refractivity contribution is 5.82. The summed E-state index contributed by atoms with van der Waals surface area (Å²) in [6.07, 6.45) is 2.33. The number of nitrogens with zero attached hydrogens (tertiary/aromatic N) is 2. The number of aliphatic carboxylic acids is 1. The summed E-state index contributed by atoms with van der Waals surface area (Å²) in [6, 6.07) is 12.3. The predicted molar refractivity (Wildman–Crippen MR) is 135 cm³/mol. The van der Waals surface area contributed by atoms with Crippen molar-refractivity contribution in [2.24, 2.45) is 5.92 Å². The highest BCUT2D eigenvalue weighted by atomic mass is 16.7. The number of rotatable bonds is 10. The van der Waals surface area contributed by atoms with Crippen LogP contribution in [0, 0.1) is 5.92 Å². The SMILES string of the molecule is CCC[C@@H](C(=O)N(C)CCC)N1CC(c2ccc3c(c2)OCO3)[C@H](C(=O)O)[C@H]1c1ccc(OC)cc1. The Balaban J connectivity index is 1.79. The zero-order valence-corrected chi connectivity index (χ0v) is 21.5. The molecule has 0 aromatic heterocycles. The second kappa shape index (κ2) is 11.2. The minimum atomic E-state index is -0.884. The lowest BCUT2D eigenvalue weighted by atomic mass is 9.82. The van der Waals surface area contributed by atoms with Crippen LogP contribution in [0.25, 0.3) is 0 Å². The molecule has 1 amide bonds. The fourth-order valence-electron chi connectivity index (χ4n) is 5.57. The molecule has 1 fully saturated rings. The molecule has 4 rings (SSSR count). The first kappa shape index (κ1) is 25.8. The Kier molecular flexibility index (Phi) is 8.04. The van der Waals surface area contributed by atoms with Gasteiger partial charge in [-0.25, -0.2) is 0 Å². The third-order valence-corrected chi connectivity index (χ3v) is 7.29. The maximum Gasteiger partial charge on any atom is 0.309 e. The Morgan fingerprint density at radius 1 is 1.08 bits per heavy atom. The Labute approximate surface area is 212 Å². The van der Waals surface area contributed by atoms with Crippen molar-refractivity contribution >= 4 is 11.9 Å². The molecule has 0 bridgehead atoms. The van der Waals surface area contributed by atoms with Gasteiger partial charge in [-0.2, -0.15) is 0 Å². The standard InChI is InChI=1S/C28H36N2O6/c1-5-7-22(27(31)29(3)14-6-2)30-16-21(19-10-13-23-24(15-19)36-17-35-23)25(28(32)33)26(30)18-8-11-20(34-4)12-9-18/h8-13,15,21-22,25-26H,5-7,14,16-17H2,1-4H3,(H,32,33)/t21?,22-,25-,26+/m0/s1. The molecule has 1 N–H and O–H groups in total. The van der Waals surface area contributed by atoms with E-state index >= 15 is 0 Å². The summed E-state index contributed by atoms with van der Waals surface area (Å²) in [5, 5.41) is 10.5. The van der Waals surface area contributed by atoms with E-state index < -0.39 is 24.0 Å². The summed E-state index contributed by atoms with van der Waals surface area (Å²) in [7, 11) is 3.43. The van der Waals surface area contributed by atoms with Crippen molar-refractivity contribution in [2.45, 2.75) is 51.1 Å². The van der Waals surface area contributed by atoms with Crippen LogP contribution in [0.15, 0.2) is 42.5 Å². The number of methoxy groups -OCH3 is 1. The van der Waals surface area contributed by atoms with E-state index in [1.165, 1.54) is 0 Å². The molecule has 4 atom stereocenters. The average Bonchev–Trinajstić information content (AvgIpc) is 3.51. The maximum absolute atomic E-state index is 13.6. The van der Waals surface area contributed by atoms with Gasteiger partial charge < -0.3 is 24.2 Å². The van der Waals surface area contributed by atoms with Crippen LogP contribution in [0.3, 0.4) is 0 Å². The number of benzene rings is 2. The number of ether oxygens (including phenoxy) is 3. The van der Waals surface area contributed by atoms with E-state index in [-0.39, 0.29) is 18.6 Å². The zero-order chi connectivity index (χ0) is 25.8. The van der Waals surface area contributed by atoms with Gasteiger partial charge in [0.1, 0.15) is 5.75 Å². The number of likely N-dealkylation sites (N-methyl/N-ethyl adjacent to an activating group) is 1. The second-order valence-electron chi connectivity index (χ2n) is 9.56. The van der Waals surface area contributed by atoms with Gasteiger partial charge in [-0.3, -0.25) is 14.5 Å². The molecule has 2 aliphatic rings. The van der Waals surface area contributed by atoms with Crippen molar-refractivity contribution in [1.82, 2.24) is 9.80 Å². The van der Waals surface area contributed by atoms with Crippen molar-refractivity contribution in [3.8, 4) is 17.2 Å². The molecule has 0 spiro atoms. The quantitative estimate of drug-likeness (QED) is 0.525. The number of carboxylic acid groups (broad SMARTS) is 1. The van der Waals surface area contributed by atoms with Crippen molar-refractivity contribution < 1.29 is 28.9 Å². The number of likely N-dealkylation sites (tertiary alicyclic amines) is 1. The fourth-order valence-corrected chi connectivity index (χ4v) is 5.57. The molecule has 8 nitrogen and oxygen atoms in total. The van der Waals surface area contributed by atoms with Crippen molar-refractivity contribution in [3.05, 3.63) is 53.6 Å². The summed E-state index contributed by atoms with van der Waals surface area (Å²) in [5.74, 6) is 0.0622. The molecular weight excluding hydrogens is 460 g/mol. The molecular formula is C28H36N2O6. The van der Waals surface area contributed by atoms with Gasteiger partial charge >= 0.3 is 5.97 Å². The first-order valence-corrected chi connectivity index (χ1v) is 12.7. The maximum atomic E-state index is 13.6. The van der Waals surface area contributed by atoms with Gasteiger partial charge in [-0.05, 0) is 48.2 Å². The molecule has 0 saturated carbocycles. The van der Waals surface area contributed by atoms with Crippen LogP contribution in [0.5, 0.6) is 17.2 Å². The normalized spacial score (nSPS) is 21.8. The largest absolute Gasteiger partial charge is 0.497 e. The molecule has 2 aliphatic heterocycles. The van der Waals surface area contributed by atoms with Gasteiger partial charge in [0.2, 0.25) is 12.7 Å². The lowest BCUT2D eigenvalue weighted by molar-refractivity contribution is -0.144. The predicted octanol–water partition coefficient (Wildman–Crippen LogP) is 4.30. The Morgan fingerprint density at radius 2 is 1.78 bits per heavy atom. The van der Waals surface area contributed by atoms with Crippen LogP contribution >= 0.6 is 0 Å². The Morgan fingerprint density at radius 3 is 2.42 bits per heavy atom. The molecule has 2 aromatic carbocycles. The van der Waals surface area contributed by atoms with Crippen molar-refractivity contribution in [2.75, 3.05) is 34.0 Å². The van der Waals surface area contributed by atoms with E-state index in [0.29, 0.717) is 36.8 Å². The average molecular weight is 497 g/mol. The van der Waals surface area contributed by atoms with E-state index in [4.69, 9.17) is 14.2 Å². The van der Waals surface area contributed by atoms with Crippen LogP contribution in [0.4, 0.5) is 0 Å². The third-order valence-electron chi connectivity index (χ3n) is 7.29. The van der Waals surface area contributed by atoms with Gasteiger partial charge in [0.15, 0.2) is 11.5 Å². The lowest BCUT2D eigenvalue weighted by Gasteiger charge is -2.35. The molecule has 194 valence electrons. The summed E-state index contributed by atoms with van der Waals surface area (Å²) in [4.78, 5) is 30.4. The van der Waals surface area contributed by atoms with Gasteiger partial charge in [-0.1, -0.05) is 38.5 Å². The monoisotopic (exact) mass is 496 g/mol. The molecule has 36 heavy (non-hydrogen) atoms. The van der Waals surface area contributed by atoms with E-state index in [1.54, 1.807) is 12.0 Å². The molecule has 0 radical (unpaired) electrons. The Hall–Kier alpha value is -3.26. The van der Waals surface area contributed by atoms with E-state index in [2.05, 4.69) is 11.8 Å². The minimum Gasteiger partial charge on any atom is -0.497 e. The lowest BCUT2D eigenvalue weighted by Crippen LogP contribution is -2.48. The first-order chi connectivity index (χ1) is 17.4. The fraction of sp³-hybridized carbons (Fsp3) is 0.500. The number of amides is 1. The summed E-state index contributed by atoms with van der Waals surface area (Å²) >= 11 is 0. The smallest absolute Gasteiger partial charge is 0.309 e. The Bertz CT molecular complexity index is 1070. The van der Waals surface area contributed by atoms with E-state index in [1.807, 2.05) is 56.4 Å². The van der Waals surface area contributed by atoms with Gasteiger partial charge in [0, 0.05) is 32.1 Å². The summed E-state index contributed by atoms with van der Waals surface area (Å²) in [5.41, 5.74) is 1.73. The molecule has 8 heteroatoms. The molecule has 2 aromatic rings. The highest BCUT2D eigenvalue weighted by Gasteiger charge is 2.51. The molecule has 0 aliphatic carbocycles.